The fourth-order valence-electron chi connectivity index (χ4n) is 1.97. The van der Waals surface area contributed by atoms with Gasteiger partial charge in [0.25, 0.3) is 5.56 Å². The van der Waals surface area contributed by atoms with E-state index in [2.05, 4.69) is 9.97 Å². The van der Waals surface area contributed by atoms with Crippen molar-refractivity contribution >= 4 is 17.1 Å². The molecule has 0 aliphatic rings. The van der Waals surface area contributed by atoms with Gasteiger partial charge >= 0.3 is 11.7 Å². The van der Waals surface area contributed by atoms with Crippen LogP contribution < -0.4 is 11.2 Å². The van der Waals surface area contributed by atoms with Gasteiger partial charge < -0.3 is 20.3 Å². The number of phenolic OH excluding ortho intramolecular Hbond substituents is 1. The van der Waals surface area contributed by atoms with Gasteiger partial charge in [-0.3, -0.25) is 13.9 Å². The van der Waals surface area contributed by atoms with Crippen molar-refractivity contribution in [3.63, 3.8) is 0 Å². The number of benzene rings is 1. The summed E-state index contributed by atoms with van der Waals surface area (Å²) < 4.78 is 2.37. The summed E-state index contributed by atoms with van der Waals surface area (Å²) in [6, 6.07) is 3.31. The maximum atomic E-state index is 11.4. The molecule has 0 aliphatic carbocycles. The maximum absolute atomic E-state index is 11.4. The zero-order chi connectivity index (χ0) is 18.0. The molecule has 0 bridgehead atoms. The van der Waals surface area contributed by atoms with Crippen LogP contribution >= 0.6 is 0 Å². The van der Waals surface area contributed by atoms with E-state index in [9.17, 15) is 14.4 Å². The lowest BCUT2D eigenvalue weighted by atomic mass is 10.2. The third-order valence-corrected chi connectivity index (χ3v) is 3.24. The number of aryl methyl sites for hydroxylation is 1. The lowest BCUT2D eigenvalue weighted by Gasteiger charge is -2.00. The molecule has 0 spiro atoms. The molecule has 0 unspecified atom stereocenters. The van der Waals surface area contributed by atoms with Crippen LogP contribution in [0, 0.1) is 0 Å². The van der Waals surface area contributed by atoms with E-state index in [1.54, 1.807) is 7.05 Å². The molecule has 10 nitrogen and oxygen atoms in total. The molecule has 24 heavy (non-hydrogen) atoms. The Balaban J connectivity index is 0.000000177. The molecule has 4 N–H and O–H groups in total. The first-order valence-corrected chi connectivity index (χ1v) is 6.58. The van der Waals surface area contributed by atoms with Crippen molar-refractivity contribution in [2.24, 2.45) is 14.1 Å². The van der Waals surface area contributed by atoms with Gasteiger partial charge in [0.2, 0.25) is 0 Å². The summed E-state index contributed by atoms with van der Waals surface area (Å²) in [6.07, 6.45) is 1.39. The third kappa shape index (κ3) is 2.97. The van der Waals surface area contributed by atoms with E-state index < -0.39 is 11.7 Å². The van der Waals surface area contributed by atoms with Crippen LogP contribution in [-0.2, 0) is 14.1 Å². The summed E-state index contributed by atoms with van der Waals surface area (Å²) >= 11 is 0. The molecule has 0 amide bonds. The molecule has 126 valence electrons. The number of fused-ring (bicyclic) bond motifs is 1. The minimum absolute atomic E-state index is 0.160. The number of carboxylic acid groups (broad SMARTS) is 1. The first-order valence-electron chi connectivity index (χ1n) is 6.58. The highest BCUT2D eigenvalue weighted by Gasteiger charge is 2.09. The minimum Gasteiger partial charge on any atom is -0.508 e. The van der Waals surface area contributed by atoms with Gasteiger partial charge in [-0.1, -0.05) is 0 Å². The average molecular weight is 334 g/mol. The van der Waals surface area contributed by atoms with Crippen LogP contribution in [0.1, 0.15) is 10.4 Å². The molecule has 0 saturated heterocycles. The summed E-state index contributed by atoms with van der Waals surface area (Å²) in [5, 5.41) is 26.1. The van der Waals surface area contributed by atoms with Gasteiger partial charge in [0.15, 0.2) is 5.65 Å². The Kier molecular flexibility index (Phi) is 4.40. The molecular formula is C14H14N4O6. The Hall–Kier alpha value is -3.56. The molecule has 2 aromatic heterocycles. The van der Waals surface area contributed by atoms with Crippen LogP contribution in [0.25, 0.3) is 11.2 Å². The molecule has 0 aliphatic heterocycles. The lowest BCUT2D eigenvalue weighted by molar-refractivity contribution is 0.0693. The average Bonchev–Trinajstić information content (AvgIpc) is 3.01. The van der Waals surface area contributed by atoms with Crippen LogP contribution in [-0.4, -0.2) is 40.4 Å². The second-order valence-electron chi connectivity index (χ2n) is 4.81. The second kappa shape index (κ2) is 6.28. The van der Waals surface area contributed by atoms with Crippen molar-refractivity contribution in [1.29, 1.82) is 0 Å². The number of nitrogens with zero attached hydrogens (tertiary/aromatic N) is 3. The summed E-state index contributed by atoms with van der Waals surface area (Å²) in [5.74, 6) is -1.81. The number of nitrogens with one attached hydrogen (secondary N) is 1. The molecule has 1 aromatic carbocycles. The van der Waals surface area contributed by atoms with Gasteiger partial charge in [0.1, 0.15) is 22.6 Å². The molecule has 3 aromatic rings. The number of aromatic carboxylic acids is 1. The van der Waals surface area contributed by atoms with Crippen LogP contribution in [0.5, 0.6) is 11.5 Å². The largest absolute Gasteiger partial charge is 0.508 e. The van der Waals surface area contributed by atoms with E-state index in [1.165, 1.54) is 24.0 Å². The quantitative estimate of drug-likeness (QED) is 0.479. The number of rotatable bonds is 1. The fraction of sp³-hybridized carbons (Fsp3) is 0.143. The molecule has 0 saturated carbocycles. The smallest absolute Gasteiger partial charge is 0.339 e. The molecule has 2 heterocycles. The Morgan fingerprint density at radius 3 is 2.42 bits per heavy atom. The van der Waals surface area contributed by atoms with Crippen molar-refractivity contribution in [1.82, 2.24) is 19.1 Å². The predicted molar refractivity (Wildman–Crippen MR) is 83.3 cm³/mol. The van der Waals surface area contributed by atoms with Gasteiger partial charge in [-0.15, -0.1) is 0 Å². The van der Waals surface area contributed by atoms with Gasteiger partial charge in [-0.25, -0.2) is 14.6 Å². The lowest BCUT2D eigenvalue weighted by Crippen LogP contribution is -2.36. The summed E-state index contributed by atoms with van der Waals surface area (Å²) in [4.78, 5) is 39.7. The van der Waals surface area contributed by atoms with E-state index in [0.29, 0.717) is 11.2 Å². The molecule has 10 heteroatoms. The van der Waals surface area contributed by atoms with Crippen molar-refractivity contribution in [2.45, 2.75) is 0 Å². The number of aromatic amines is 1. The number of aromatic hydroxyl groups is 2. The molecule has 3 rings (SSSR count). The standard InChI is InChI=1S/C7H8N4O2.C7H6O4/c1-10-5-4(8-3-9-5)6(12)11(2)7(10)13;8-4-1-2-5(7(10)11)6(9)3-4/h3H,1-2H3,(H,8,9);1-3,8-9H,(H,10,11). The molecular weight excluding hydrogens is 320 g/mol. The number of carboxylic acids is 1. The summed E-state index contributed by atoms with van der Waals surface area (Å²) in [7, 11) is 3.01. The van der Waals surface area contributed by atoms with E-state index in [-0.39, 0.29) is 22.6 Å². The molecule has 0 fully saturated rings. The highest BCUT2D eigenvalue weighted by molar-refractivity contribution is 5.90. The Labute approximate surface area is 133 Å². The first kappa shape index (κ1) is 16.8. The van der Waals surface area contributed by atoms with E-state index in [0.717, 1.165) is 16.7 Å². The zero-order valence-corrected chi connectivity index (χ0v) is 12.7. The minimum atomic E-state index is -1.22. The Morgan fingerprint density at radius 2 is 1.83 bits per heavy atom. The van der Waals surface area contributed by atoms with Crippen LogP contribution in [0.2, 0.25) is 0 Å². The van der Waals surface area contributed by atoms with E-state index >= 15 is 0 Å². The zero-order valence-electron chi connectivity index (χ0n) is 12.7. The summed E-state index contributed by atoms with van der Waals surface area (Å²) in [6.45, 7) is 0. The number of hydrogen-bond acceptors (Lipinski definition) is 6. The number of phenols is 2. The number of aromatic nitrogens is 4. The van der Waals surface area contributed by atoms with Crippen LogP contribution in [0.15, 0.2) is 34.1 Å². The van der Waals surface area contributed by atoms with Gasteiger partial charge in [-0.2, -0.15) is 0 Å². The van der Waals surface area contributed by atoms with E-state index in [4.69, 9.17) is 15.3 Å². The first-order chi connectivity index (χ1) is 11.2. The summed E-state index contributed by atoms with van der Waals surface area (Å²) in [5.41, 5.74) is -0.208. The number of carbonyl (C=O) groups is 1. The van der Waals surface area contributed by atoms with Crippen LogP contribution in [0.3, 0.4) is 0 Å². The Morgan fingerprint density at radius 1 is 1.17 bits per heavy atom. The number of H-pyrrole nitrogens is 1. The third-order valence-electron chi connectivity index (χ3n) is 3.24. The van der Waals surface area contributed by atoms with Crippen molar-refractivity contribution in [3.05, 3.63) is 50.9 Å². The highest BCUT2D eigenvalue weighted by Crippen LogP contribution is 2.21. The highest BCUT2D eigenvalue weighted by atomic mass is 16.4. The predicted octanol–water partition coefficient (Wildman–Crippen LogP) is -0.244. The maximum Gasteiger partial charge on any atom is 0.339 e. The van der Waals surface area contributed by atoms with Crippen molar-refractivity contribution < 1.29 is 20.1 Å². The van der Waals surface area contributed by atoms with Gasteiger partial charge in [0, 0.05) is 20.2 Å². The molecule has 0 atom stereocenters. The monoisotopic (exact) mass is 334 g/mol. The van der Waals surface area contributed by atoms with E-state index in [1.807, 2.05) is 0 Å². The SMILES string of the molecule is Cn1c(=O)c2[nH]cnc2n(C)c1=O.O=C(O)c1ccc(O)cc1O. The number of imidazole rings is 1. The second-order valence-corrected chi connectivity index (χ2v) is 4.81. The number of hydrogen-bond donors (Lipinski definition) is 4. The van der Waals surface area contributed by atoms with Gasteiger partial charge in [-0.05, 0) is 12.1 Å². The van der Waals surface area contributed by atoms with Crippen molar-refractivity contribution in [2.75, 3.05) is 0 Å². The molecule has 0 radical (unpaired) electrons. The van der Waals surface area contributed by atoms with Crippen LogP contribution in [0.4, 0.5) is 0 Å². The van der Waals surface area contributed by atoms with Gasteiger partial charge in [0.05, 0.1) is 6.33 Å². The van der Waals surface area contributed by atoms with Crippen molar-refractivity contribution in [3.8, 4) is 11.5 Å². The normalized spacial score (nSPS) is 10.2. The fourth-order valence-corrected chi connectivity index (χ4v) is 1.97. The topological polar surface area (TPSA) is 150 Å². The Bertz CT molecular complexity index is 1030.